The number of nitrogens with zero attached hydrogens (tertiary/aromatic N) is 2. The van der Waals surface area contributed by atoms with Gasteiger partial charge in [-0.3, -0.25) is 4.79 Å². The molecular formula is C24H26F3N3O5. The number of rotatable bonds is 8. The van der Waals surface area contributed by atoms with Gasteiger partial charge >= 0.3 is 12.3 Å². The Morgan fingerprint density at radius 2 is 1.86 bits per heavy atom. The van der Waals surface area contributed by atoms with Crippen molar-refractivity contribution in [3.8, 4) is 11.5 Å². The van der Waals surface area contributed by atoms with Gasteiger partial charge in [0, 0.05) is 17.9 Å². The first kappa shape index (κ1) is 26.0. The van der Waals surface area contributed by atoms with E-state index >= 15 is 0 Å². The lowest BCUT2D eigenvalue weighted by molar-refractivity contribution is -0.275. The van der Waals surface area contributed by atoms with Gasteiger partial charge in [-0.2, -0.15) is 5.10 Å². The van der Waals surface area contributed by atoms with Crippen LogP contribution in [0.15, 0.2) is 47.6 Å². The number of halogens is 3. The first-order chi connectivity index (χ1) is 16.6. The lowest BCUT2D eigenvalue weighted by Crippen LogP contribution is -2.42. The molecule has 1 heterocycles. The number of benzene rings is 2. The van der Waals surface area contributed by atoms with Crippen LogP contribution >= 0.6 is 0 Å². The normalized spacial score (nSPS) is 17.0. The highest BCUT2D eigenvalue weighted by Crippen LogP contribution is 2.35. The number of hydrogen-bond acceptors (Lipinski definition) is 7. The second-order valence-corrected chi connectivity index (χ2v) is 7.73. The third-order valence-electron chi connectivity index (χ3n) is 5.48. The summed E-state index contributed by atoms with van der Waals surface area (Å²) in [6, 6.07) is 10.3. The minimum atomic E-state index is -4.91. The summed E-state index contributed by atoms with van der Waals surface area (Å²) < 4.78 is 52.7. The summed E-state index contributed by atoms with van der Waals surface area (Å²) in [6.45, 7) is 3.79. The Labute approximate surface area is 200 Å². The molecule has 11 heteroatoms. The molecule has 0 spiro atoms. The van der Waals surface area contributed by atoms with Crippen molar-refractivity contribution >= 4 is 17.6 Å². The molecule has 2 N–H and O–H groups in total. The molecular weight excluding hydrogens is 467 g/mol. The monoisotopic (exact) mass is 493 g/mol. The van der Waals surface area contributed by atoms with Gasteiger partial charge in [-0.05, 0) is 49.2 Å². The van der Waals surface area contributed by atoms with Crippen LogP contribution in [0, 0.1) is 5.92 Å². The molecule has 35 heavy (non-hydrogen) atoms. The minimum absolute atomic E-state index is 0.0748. The number of esters is 1. The molecule has 2 atom stereocenters. The van der Waals surface area contributed by atoms with E-state index in [0.29, 0.717) is 28.8 Å². The molecule has 0 aromatic heterocycles. The third kappa shape index (κ3) is 6.10. The van der Waals surface area contributed by atoms with Crippen LogP contribution in [0.3, 0.4) is 0 Å². The van der Waals surface area contributed by atoms with Crippen LogP contribution in [0.4, 0.5) is 13.2 Å². The zero-order valence-electron chi connectivity index (χ0n) is 19.5. The maximum absolute atomic E-state index is 12.9. The van der Waals surface area contributed by atoms with Crippen molar-refractivity contribution in [1.82, 2.24) is 5.01 Å². The number of nitrogens with two attached hydrogens (primary N) is 1. The Bertz CT molecular complexity index is 1100. The van der Waals surface area contributed by atoms with Crippen LogP contribution in [-0.2, 0) is 9.53 Å². The predicted octanol–water partition coefficient (Wildman–Crippen LogP) is 4.39. The highest BCUT2D eigenvalue weighted by atomic mass is 19.4. The van der Waals surface area contributed by atoms with Gasteiger partial charge in [0.05, 0.1) is 25.0 Å². The fraction of sp³-hybridized carbons (Fsp3) is 0.375. The zero-order valence-corrected chi connectivity index (χ0v) is 19.5. The van der Waals surface area contributed by atoms with Crippen LogP contribution in [0.2, 0.25) is 0 Å². The van der Waals surface area contributed by atoms with Crippen molar-refractivity contribution in [2.24, 2.45) is 16.8 Å². The van der Waals surface area contributed by atoms with Gasteiger partial charge in [0.15, 0.2) is 11.5 Å². The number of hydrogen-bond donors (Lipinski definition) is 1. The van der Waals surface area contributed by atoms with Gasteiger partial charge in [-0.1, -0.05) is 19.1 Å². The third-order valence-corrected chi connectivity index (χ3v) is 5.48. The molecule has 1 aliphatic rings. The van der Waals surface area contributed by atoms with Gasteiger partial charge in [0.2, 0.25) is 5.91 Å². The Morgan fingerprint density at radius 3 is 2.43 bits per heavy atom. The van der Waals surface area contributed by atoms with E-state index in [1.54, 1.807) is 25.1 Å². The summed E-state index contributed by atoms with van der Waals surface area (Å²) in [7, 11) is 1.23. The van der Waals surface area contributed by atoms with Crippen molar-refractivity contribution < 1.29 is 37.0 Å². The minimum Gasteiger partial charge on any atom is -0.493 e. The number of hydrazone groups is 1. The van der Waals surface area contributed by atoms with Gasteiger partial charge in [0.1, 0.15) is 6.17 Å². The van der Waals surface area contributed by atoms with E-state index in [1.807, 2.05) is 6.92 Å². The van der Waals surface area contributed by atoms with Gasteiger partial charge in [-0.25, -0.2) is 9.80 Å². The van der Waals surface area contributed by atoms with Crippen molar-refractivity contribution in [3.05, 3.63) is 59.2 Å². The van der Waals surface area contributed by atoms with Crippen molar-refractivity contribution in [3.63, 3.8) is 0 Å². The van der Waals surface area contributed by atoms with Crippen LogP contribution in [-0.4, -0.2) is 42.7 Å². The fourth-order valence-electron chi connectivity index (χ4n) is 3.72. The highest BCUT2D eigenvalue weighted by Gasteiger charge is 2.35. The molecule has 0 saturated heterocycles. The smallest absolute Gasteiger partial charge is 0.493 e. The molecule has 2 aromatic rings. The van der Waals surface area contributed by atoms with E-state index in [-0.39, 0.29) is 30.6 Å². The topological polar surface area (TPSA) is 103 Å². The molecule has 3 rings (SSSR count). The van der Waals surface area contributed by atoms with E-state index < -0.39 is 24.2 Å². The highest BCUT2D eigenvalue weighted by molar-refractivity contribution is 6.06. The second-order valence-electron chi connectivity index (χ2n) is 7.73. The molecule has 0 radical (unpaired) electrons. The summed E-state index contributed by atoms with van der Waals surface area (Å²) >= 11 is 0. The van der Waals surface area contributed by atoms with Crippen molar-refractivity contribution in [2.75, 3.05) is 13.7 Å². The number of carbonyl (C=O) groups excluding carboxylic acids is 2. The van der Waals surface area contributed by atoms with E-state index in [2.05, 4.69) is 9.84 Å². The summed E-state index contributed by atoms with van der Waals surface area (Å²) in [5, 5.41) is 5.55. The Morgan fingerprint density at radius 1 is 1.17 bits per heavy atom. The van der Waals surface area contributed by atoms with Crippen LogP contribution in [0.25, 0.3) is 0 Å². The number of alkyl halides is 3. The van der Waals surface area contributed by atoms with Gasteiger partial charge < -0.3 is 19.9 Å². The molecule has 1 amide bonds. The first-order valence-electron chi connectivity index (χ1n) is 10.9. The Hall–Kier alpha value is -3.60. The fourth-order valence-corrected chi connectivity index (χ4v) is 3.72. The SMILES string of the molecule is CCOC(=O)c1ccc(C(N)N2N=C(c3ccc(OC)c(OC(F)(F)F)c3)C(CC)CC2=O)cc1. The Kier molecular flexibility index (Phi) is 8.00. The number of ether oxygens (including phenoxy) is 3. The maximum atomic E-state index is 12.9. The number of methoxy groups -OCH3 is 1. The molecule has 2 unspecified atom stereocenters. The van der Waals surface area contributed by atoms with E-state index in [1.165, 1.54) is 31.4 Å². The summed E-state index contributed by atoms with van der Waals surface area (Å²) in [4.78, 5) is 24.7. The molecule has 2 aromatic carbocycles. The molecule has 188 valence electrons. The standard InChI is InChI=1S/C24H26F3N3O5/c1-4-14-13-20(31)30(22(28)15-6-8-16(9-7-15)23(32)34-5-2)29-21(14)17-10-11-18(33-3)19(12-17)35-24(25,26)27/h6-12,14,22H,4-5,13,28H2,1-3H3. The average molecular weight is 493 g/mol. The summed E-state index contributed by atoms with van der Waals surface area (Å²) in [5.41, 5.74) is 7.92. The zero-order chi connectivity index (χ0) is 25.8. The summed E-state index contributed by atoms with van der Waals surface area (Å²) in [5.74, 6) is -1.75. The molecule has 8 nitrogen and oxygen atoms in total. The molecule has 1 aliphatic heterocycles. The molecule has 0 fully saturated rings. The first-order valence-corrected chi connectivity index (χ1v) is 10.9. The quantitative estimate of drug-likeness (QED) is 0.547. The average Bonchev–Trinajstić information content (AvgIpc) is 2.82. The number of amides is 1. The number of carbonyl (C=O) groups is 2. The maximum Gasteiger partial charge on any atom is 0.573 e. The molecule has 0 saturated carbocycles. The van der Waals surface area contributed by atoms with Gasteiger partial charge in [0.25, 0.3) is 0 Å². The second kappa shape index (κ2) is 10.8. The van der Waals surface area contributed by atoms with Crippen LogP contribution in [0.1, 0.15) is 54.3 Å². The molecule has 0 bridgehead atoms. The van der Waals surface area contributed by atoms with E-state index in [4.69, 9.17) is 15.2 Å². The lowest BCUT2D eigenvalue weighted by atomic mass is 9.89. The van der Waals surface area contributed by atoms with Crippen molar-refractivity contribution in [1.29, 1.82) is 0 Å². The predicted molar refractivity (Wildman–Crippen MR) is 121 cm³/mol. The van der Waals surface area contributed by atoms with E-state index in [9.17, 15) is 22.8 Å². The van der Waals surface area contributed by atoms with Gasteiger partial charge in [-0.15, -0.1) is 13.2 Å². The molecule has 0 aliphatic carbocycles. The lowest BCUT2D eigenvalue weighted by Gasteiger charge is -2.33. The largest absolute Gasteiger partial charge is 0.573 e. The van der Waals surface area contributed by atoms with Crippen LogP contribution in [0.5, 0.6) is 11.5 Å². The van der Waals surface area contributed by atoms with Crippen LogP contribution < -0.4 is 15.2 Å². The van der Waals surface area contributed by atoms with E-state index in [0.717, 1.165) is 5.01 Å². The van der Waals surface area contributed by atoms with Crippen molar-refractivity contribution in [2.45, 2.75) is 39.2 Å². The summed E-state index contributed by atoms with van der Waals surface area (Å²) in [6.07, 6.45) is -5.28. The Balaban J connectivity index is 1.96.